The minimum Gasteiger partial charge on any atom is -0.338 e. The van der Waals surface area contributed by atoms with E-state index in [4.69, 9.17) is 11.6 Å². The second-order valence-electron chi connectivity index (χ2n) is 6.49. The highest BCUT2D eigenvalue weighted by molar-refractivity contribution is 6.30. The maximum Gasteiger partial charge on any atom is 0.254 e. The molecule has 5 heteroatoms. The molecule has 2 amide bonds. The molecule has 2 heterocycles. The molecule has 0 spiro atoms. The molecule has 2 fully saturated rings. The van der Waals surface area contributed by atoms with Crippen LogP contribution in [0, 0.1) is 0 Å². The Morgan fingerprint density at radius 2 is 1.57 bits per heavy atom. The van der Waals surface area contributed by atoms with Gasteiger partial charge in [-0.1, -0.05) is 11.6 Å². The quantitative estimate of drug-likeness (QED) is 0.790. The zero-order chi connectivity index (χ0) is 16.4. The van der Waals surface area contributed by atoms with Crippen LogP contribution in [-0.2, 0) is 4.79 Å². The molecule has 0 unspecified atom stereocenters. The Balaban J connectivity index is 1.85. The number of carbonyl (C=O) groups is 2. The van der Waals surface area contributed by atoms with Gasteiger partial charge in [0.15, 0.2) is 0 Å². The Morgan fingerprint density at radius 1 is 0.957 bits per heavy atom. The molecular formula is C18H23ClN2O2. The van der Waals surface area contributed by atoms with Crippen LogP contribution in [0.3, 0.4) is 0 Å². The topological polar surface area (TPSA) is 40.6 Å². The van der Waals surface area contributed by atoms with Crippen molar-refractivity contribution in [2.45, 2.75) is 51.1 Å². The maximum atomic E-state index is 12.9. The van der Waals surface area contributed by atoms with Crippen molar-refractivity contribution in [2.75, 3.05) is 13.1 Å². The maximum absolute atomic E-state index is 12.9. The fraction of sp³-hybridized carbons (Fsp3) is 0.556. The minimum absolute atomic E-state index is 0.0572. The minimum atomic E-state index is 0.0572. The number of halogens is 1. The van der Waals surface area contributed by atoms with E-state index < -0.39 is 0 Å². The van der Waals surface area contributed by atoms with Gasteiger partial charge >= 0.3 is 0 Å². The van der Waals surface area contributed by atoms with Crippen LogP contribution in [0.4, 0.5) is 0 Å². The summed E-state index contributed by atoms with van der Waals surface area (Å²) in [5, 5.41) is 0.635. The number of hydrogen-bond donors (Lipinski definition) is 0. The third-order valence-corrected chi connectivity index (χ3v) is 5.30. The summed E-state index contributed by atoms with van der Waals surface area (Å²) in [6.45, 7) is 3.23. The SMILES string of the molecule is CC(=O)N1CCCC[C@@H]2[C@H]1CCCN2C(=O)c1ccc(Cl)cc1. The van der Waals surface area contributed by atoms with E-state index in [1.165, 1.54) is 0 Å². The van der Waals surface area contributed by atoms with Gasteiger partial charge in [0.05, 0.1) is 12.1 Å². The molecule has 0 aliphatic carbocycles. The van der Waals surface area contributed by atoms with Crippen LogP contribution >= 0.6 is 11.6 Å². The number of piperidine rings is 1. The van der Waals surface area contributed by atoms with Crippen molar-refractivity contribution in [3.05, 3.63) is 34.9 Å². The third-order valence-electron chi connectivity index (χ3n) is 5.05. The fourth-order valence-electron chi connectivity index (χ4n) is 3.95. The average molecular weight is 335 g/mol. The van der Waals surface area contributed by atoms with Gasteiger partial charge in [-0.3, -0.25) is 9.59 Å². The van der Waals surface area contributed by atoms with Gasteiger partial charge in [0, 0.05) is 30.6 Å². The first-order chi connectivity index (χ1) is 11.1. The Hall–Kier alpha value is -1.55. The molecule has 0 N–H and O–H groups in total. The lowest BCUT2D eigenvalue weighted by Crippen LogP contribution is -2.57. The standard InChI is InChI=1S/C18H23ClN2O2/c1-13(22)20-11-3-2-5-17-16(20)6-4-12-21(17)18(23)14-7-9-15(19)10-8-14/h7-10,16-17H,2-6,11-12H2,1H3/t16-,17-/m1/s1. The molecule has 2 saturated heterocycles. The van der Waals surface area contributed by atoms with E-state index in [0.29, 0.717) is 10.6 Å². The zero-order valence-electron chi connectivity index (χ0n) is 13.5. The predicted octanol–water partition coefficient (Wildman–Crippen LogP) is 3.35. The number of carbonyl (C=O) groups excluding carboxylic acids is 2. The van der Waals surface area contributed by atoms with Crippen LogP contribution in [0.15, 0.2) is 24.3 Å². The van der Waals surface area contributed by atoms with Crippen LogP contribution < -0.4 is 0 Å². The normalized spacial score (nSPS) is 24.8. The lowest BCUT2D eigenvalue weighted by molar-refractivity contribution is -0.133. The molecule has 2 aliphatic rings. The summed E-state index contributed by atoms with van der Waals surface area (Å²) in [4.78, 5) is 28.9. The third kappa shape index (κ3) is 3.37. The number of amides is 2. The Kier molecular flexibility index (Phi) is 4.90. The first-order valence-corrected chi connectivity index (χ1v) is 8.79. The number of fused-ring (bicyclic) bond motifs is 1. The molecule has 1 aromatic rings. The van der Waals surface area contributed by atoms with Crippen molar-refractivity contribution in [1.29, 1.82) is 0 Å². The largest absolute Gasteiger partial charge is 0.338 e. The first-order valence-electron chi connectivity index (χ1n) is 8.41. The lowest BCUT2D eigenvalue weighted by atomic mass is 9.91. The molecular weight excluding hydrogens is 312 g/mol. The molecule has 0 bridgehead atoms. The van der Waals surface area contributed by atoms with Crippen LogP contribution in [0.1, 0.15) is 49.4 Å². The van der Waals surface area contributed by atoms with Gasteiger partial charge in [-0.25, -0.2) is 0 Å². The summed E-state index contributed by atoms with van der Waals surface area (Å²) in [7, 11) is 0. The van der Waals surface area contributed by atoms with Crippen molar-refractivity contribution >= 4 is 23.4 Å². The van der Waals surface area contributed by atoms with E-state index in [1.54, 1.807) is 31.2 Å². The van der Waals surface area contributed by atoms with Crippen LogP contribution in [-0.4, -0.2) is 46.8 Å². The van der Waals surface area contributed by atoms with E-state index >= 15 is 0 Å². The predicted molar refractivity (Wildman–Crippen MR) is 90.5 cm³/mol. The Bertz CT molecular complexity index is 587. The number of hydrogen-bond acceptors (Lipinski definition) is 2. The van der Waals surface area contributed by atoms with E-state index in [0.717, 1.165) is 45.2 Å². The van der Waals surface area contributed by atoms with E-state index in [-0.39, 0.29) is 23.9 Å². The van der Waals surface area contributed by atoms with E-state index in [2.05, 4.69) is 0 Å². The first kappa shape index (κ1) is 16.3. The molecule has 2 atom stereocenters. The smallest absolute Gasteiger partial charge is 0.254 e. The van der Waals surface area contributed by atoms with Gasteiger partial charge in [0.25, 0.3) is 5.91 Å². The zero-order valence-corrected chi connectivity index (χ0v) is 14.3. The van der Waals surface area contributed by atoms with Gasteiger partial charge in [-0.15, -0.1) is 0 Å². The summed E-state index contributed by atoms with van der Waals surface area (Å²) in [6, 6.07) is 7.39. The molecule has 124 valence electrons. The Morgan fingerprint density at radius 3 is 2.26 bits per heavy atom. The molecule has 3 rings (SSSR count). The number of rotatable bonds is 1. The molecule has 23 heavy (non-hydrogen) atoms. The van der Waals surface area contributed by atoms with Gasteiger partial charge in [0.2, 0.25) is 5.91 Å². The number of likely N-dealkylation sites (tertiary alicyclic amines) is 2. The van der Waals surface area contributed by atoms with Gasteiger partial charge in [0.1, 0.15) is 0 Å². The summed E-state index contributed by atoms with van der Waals surface area (Å²) in [6.07, 6.45) is 5.01. The van der Waals surface area contributed by atoms with Gasteiger partial charge in [-0.05, 0) is 56.4 Å². The van der Waals surface area contributed by atoms with Crippen molar-refractivity contribution < 1.29 is 9.59 Å². The second-order valence-corrected chi connectivity index (χ2v) is 6.93. The highest BCUT2D eigenvalue weighted by Crippen LogP contribution is 2.30. The monoisotopic (exact) mass is 334 g/mol. The Labute approximate surface area is 142 Å². The van der Waals surface area contributed by atoms with E-state index in [9.17, 15) is 9.59 Å². The average Bonchev–Trinajstić information content (AvgIpc) is 2.77. The molecule has 0 aromatic heterocycles. The van der Waals surface area contributed by atoms with Crippen LogP contribution in [0.2, 0.25) is 5.02 Å². The highest BCUT2D eigenvalue weighted by atomic mass is 35.5. The van der Waals surface area contributed by atoms with Gasteiger partial charge < -0.3 is 9.80 Å². The molecule has 1 aromatic carbocycles. The fourth-order valence-corrected chi connectivity index (χ4v) is 4.08. The summed E-state index contributed by atoms with van der Waals surface area (Å²) < 4.78 is 0. The van der Waals surface area contributed by atoms with Crippen molar-refractivity contribution in [3.8, 4) is 0 Å². The van der Waals surface area contributed by atoms with Crippen molar-refractivity contribution in [2.24, 2.45) is 0 Å². The summed E-state index contributed by atoms with van der Waals surface area (Å²) in [5.41, 5.74) is 0.675. The second kappa shape index (κ2) is 6.91. The lowest BCUT2D eigenvalue weighted by Gasteiger charge is -2.44. The van der Waals surface area contributed by atoms with Crippen LogP contribution in [0.5, 0.6) is 0 Å². The van der Waals surface area contributed by atoms with E-state index in [1.807, 2.05) is 9.80 Å². The van der Waals surface area contributed by atoms with Crippen LogP contribution in [0.25, 0.3) is 0 Å². The number of nitrogens with zero attached hydrogens (tertiary/aromatic N) is 2. The molecule has 4 nitrogen and oxygen atoms in total. The van der Waals surface area contributed by atoms with Gasteiger partial charge in [-0.2, -0.15) is 0 Å². The van der Waals surface area contributed by atoms with Crippen molar-refractivity contribution in [3.63, 3.8) is 0 Å². The molecule has 2 aliphatic heterocycles. The highest BCUT2D eigenvalue weighted by Gasteiger charge is 2.39. The number of benzene rings is 1. The molecule has 0 saturated carbocycles. The summed E-state index contributed by atoms with van der Waals surface area (Å²) in [5.74, 6) is 0.185. The van der Waals surface area contributed by atoms with Crippen molar-refractivity contribution in [1.82, 2.24) is 9.80 Å². The molecule has 0 radical (unpaired) electrons. The summed E-state index contributed by atoms with van der Waals surface area (Å²) >= 11 is 5.92.